The highest BCUT2D eigenvalue weighted by Gasteiger charge is 2.32. The van der Waals surface area contributed by atoms with E-state index in [9.17, 15) is 4.79 Å². The summed E-state index contributed by atoms with van der Waals surface area (Å²) < 4.78 is 4.77. The Kier molecular flexibility index (Phi) is 7.84. The van der Waals surface area contributed by atoms with Gasteiger partial charge >= 0.3 is 5.97 Å². The molecule has 0 amide bonds. The molecule has 0 aliphatic heterocycles. The predicted molar refractivity (Wildman–Crippen MR) is 66.5 cm³/mol. The molecule has 0 aromatic rings. The summed E-state index contributed by atoms with van der Waals surface area (Å²) in [4.78, 5) is 14.3. The fraction of sp³-hybridized carbons (Fsp3) is 0.727. The van der Waals surface area contributed by atoms with E-state index in [1.807, 2.05) is 0 Å². The van der Waals surface area contributed by atoms with Gasteiger partial charge in [-0.1, -0.05) is 11.2 Å². The van der Waals surface area contributed by atoms with Crippen LogP contribution in [0.3, 0.4) is 0 Å². The summed E-state index contributed by atoms with van der Waals surface area (Å²) in [6.45, 7) is 6.45. The minimum atomic E-state index is -0.709. The van der Waals surface area contributed by atoms with Gasteiger partial charge in [-0.3, -0.25) is 4.79 Å². The SMILES string of the molecule is C=CCCC(C)(NCCCN=[N+]=[N-])C(=O)OC. The molecule has 0 rings (SSSR count). The summed E-state index contributed by atoms with van der Waals surface area (Å²) in [7, 11) is 1.37. The minimum absolute atomic E-state index is 0.289. The molecule has 96 valence electrons. The molecule has 1 atom stereocenters. The molecular formula is C11H20N4O2. The average Bonchev–Trinajstić information content (AvgIpc) is 2.35. The lowest BCUT2D eigenvalue weighted by atomic mass is 9.95. The van der Waals surface area contributed by atoms with E-state index in [-0.39, 0.29) is 5.97 Å². The molecule has 17 heavy (non-hydrogen) atoms. The van der Waals surface area contributed by atoms with Crippen molar-refractivity contribution < 1.29 is 9.53 Å². The number of hydrogen-bond donors (Lipinski definition) is 1. The van der Waals surface area contributed by atoms with E-state index in [1.54, 1.807) is 13.0 Å². The minimum Gasteiger partial charge on any atom is -0.468 e. The lowest BCUT2D eigenvalue weighted by molar-refractivity contribution is -0.148. The molecule has 0 aliphatic rings. The number of methoxy groups -OCH3 is 1. The fourth-order valence-corrected chi connectivity index (χ4v) is 1.44. The van der Waals surface area contributed by atoms with E-state index >= 15 is 0 Å². The monoisotopic (exact) mass is 240 g/mol. The molecule has 6 heteroatoms. The van der Waals surface area contributed by atoms with Crippen LogP contribution in [0, 0.1) is 0 Å². The molecule has 0 aliphatic carbocycles. The van der Waals surface area contributed by atoms with Gasteiger partial charge in [-0.05, 0) is 38.3 Å². The van der Waals surface area contributed by atoms with E-state index in [0.29, 0.717) is 25.9 Å². The van der Waals surface area contributed by atoms with E-state index in [2.05, 4.69) is 21.9 Å². The van der Waals surface area contributed by atoms with Crippen LogP contribution in [-0.2, 0) is 9.53 Å². The molecule has 0 aromatic heterocycles. The summed E-state index contributed by atoms with van der Waals surface area (Å²) in [6, 6.07) is 0. The van der Waals surface area contributed by atoms with Crippen LogP contribution in [0.25, 0.3) is 10.4 Å². The van der Waals surface area contributed by atoms with Crippen molar-refractivity contribution in [3.63, 3.8) is 0 Å². The number of azide groups is 1. The second-order valence-corrected chi connectivity index (χ2v) is 3.89. The summed E-state index contributed by atoms with van der Waals surface area (Å²) >= 11 is 0. The van der Waals surface area contributed by atoms with Crippen molar-refractivity contribution in [3.05, 3.63) is 23.1 Å². The maximum absolute atomic E-state index is 11.7. The first kappa shape index (κ1) is 15.5. The number of nitrogens with zero attached hydrogens (tertiary/aromatic N) is 3. The predicted octanol–water partition coefficient (Wildman–Crippen LogP) is 2.17. The molecule has 0 radical (unpaired) electrons. The highest BCUT2D eigenvalue weighted by Crippen LogP contribution is 2.14. The zero-order valence-corrected chi connectivity index (χ0v) is 10.5. The molecule has 0 aromatic carbocycles. The Morgan fingerprint density at radius 3 is 2.94 bits per heavy atom. The summed E-state index contributed by atoms with van der Waals surface area (Å²) in [6.07, 6.45) is 3.81. The van der Waals surface area contributed by atoms with Gasteiger partial charge in [-0.2, -0.15) is 0 Å². The van der Waals surface area contributed by atoms with Crippen LogP contribution in [0.2, 0.25) is 0 Å². The van der Waals surface area contributed by atoms with Crippen molar-refractivity contribution in [1.82, 2.24) is 5.32 Å². The smallest absolute Gasteiger partial charge is 0.325 e. The molecule has 0 saturated carbocycles. The van der Waals surface area contributed by atoms with Gasteiger partial charge in [-0.25, -0.2) is 0 Å². The zero-order valence-electron chi connectivity index (χ0n) is 10.5. The molecule has 0 heterocycles. The van der Waals surface area contributed by atoms with Gasteiger partial charge in [0.25, 0.3) is 0 Å². The Hall–Kier alpha value is -1.52. The number of nitrogens with one attached hydrogen (secondary N) is 1. The first-order chi connectivity index (χ1) is 8.10. The third-order valence-corrected chi connectivity index (χ3v) is 2.50. The molecule has 0 saturated heterocycles. The van der Waals surface area contributed by atoms with Crippen molar-refractivity contribution in [3.8, 4) is 0 Å². The second kappa shape index (κ2) is 8.61. The van der Waals surface area contributed by atoms with Crippen molar-refractivity contribution in [1.29, 1.82) is 0 Å². The van der Waals surface area contributed by atoms with Gasteiger partial charge in [-0.15, -0.1) is 6.58 Å². The lowest BCUT2D eigenvalue weighted by Gasteiger charge is -2.27. The Morgan fingerprint density at radius 2 is 2.41 bits per heavy atom. The van der Waals surface area contributed by atoms with Crippen LogP contribution in [-0.4, -0.2) is 31.7 Å². The fourth-order valence-electron chi connectivity index (χ4n) is 1.44. The molecule has 1 N–H and O–H groups in total. The molecule has 0 fully saturated rings. The maximum atomic E-state index is 11.7. The van der Waals surface area contributed by atoms with Crippen LogP contribution in [0.5, 0.6) is 0 Å². The number of esters is 1. The summed E-state index contributed by atoms with van der Waals surface area (Å²) in [5.74, 6) is -0.289. The van der Waals surface area contributed by atoms with E-state index in [1.165, 1.54) is 7.11 Å². The van der Waals surface area contributed by atoms with Gasteiger partial charge in [0, 0.05) is 11.5 Å². The number of hydrogen-bond acceptors (Lipinski definition) is 4. The second-order valence-electron chi connectivity index (χ2n) is 3.89. The highest BCUT2D eigenvalue weighted by molar-refractivity contribution is 5.80. The largest absolute Gasteiger partial charge is 0.468 e. The zero-order chi connectivity index (χ0) is 13.1. The van der Waals surface area contributed by atoms with Gasteiger partial charge in [0.05, 0.1) is 7.11 Å². The summed E-state index contributed by atoms with van der Waals surface area (Å²) in [5, 5.41) is 6.56. The third-order valence-electron chi connectivity index (χ3n) is 2.50. The van der Waals surface area contributed by atoms with Crippen LogP contribution in [0.1, 0.15) is 26.2 Å². The number of ether oxygens (including phenoxy) is 1. The molecule has 6 nitrogen and oxygen atoms in total. The summed E-state index contributed by atoms with van der Waals surface area (Å²) in [5.41, 5.74) is 7.41. The first-order valence-corrected chi connectivity index (χ1v) is 5.56. The van der Waals surface area contributed by atoms with Crippen molar-refractivity contribution in [2.24, 2.45) is 5.11 Å². The van der Waals surface area contributed by atoms with Crippen LogP contribution in [0.15, 0.2) is 17.8 Å². The quantitative estimate of drug-likeness (QED) is 0.167. The van der Waals surface area contributed by atoms with Crippen molar-refractivity contribution in [2.75, 3.05) is 20.2 Å². The van der Waals surface area contributed by atoms with E-state index in [4.69, 9.17) is 10.3 Å². The Bertz CT molecular complexity index is 300. The van der Waals surface area contributed by atoms with Crippen LogP contribution in [0.4, 0.5) is 0 Å². The highest BCUT2D eigenvalue weighted by atomic mass is 16.5. The number of allylic oxidation sites excluding steroid dienone is 1. The Balaban J connectivity index is 4.22. The van der Waals surface area contributed by atoms with Crippen molar-refractivity contribution in [2.45, 2.75) is 31.7 Å². The Morgan fingerprint density at radius 1 is 1.71 bits per heavy atom. The number of carbonyl (C=O) groups excluding carboxylic acids is 1. The normalized spacial score (nSPS) is 13.3. The number of rotatable bonds is 9. The lowest BCUT2D eigenvalue weighted by Crippen LogP contribution is -2.50. The van der Waals surface area contributed by atoms with Gasteiger partial charge < -0.3 is 10.1 Å². The van der Waals surface area contributed by atoms with Gasteiger partial charge in [0.15, 0.2) is 0 Å². The van der Waals surface area contributed by atoms with E-state index < -0.39 is 5.54 Å². The standard InChI is InChI=1S/C11H20N4O2/c1-4-5-7-11(2,10(16)17-3)13-8-6-9-14-15-12/h4,13H,1,5-9H2,2-3H3. The van der Waals surface area contributed by atoms with Gasteiger partial charge in [0.1, 0.15) is 5.54 Å². The van der Waals surface area contributed by atoms with Crippen LogP contribution < -0.4 is 5.32 Å². The van der Waals surface area contributed by atoms with Crippen LogP contribution >= 0.6 is 0 Å². The van der Waals surface area contributed by atoms with E-state index in [0.717, 1.165) is 6.42 Å². The number of carbonyl (C=O) groups is 1. The first-order valence-electron chi connectivity index (χ1n) is 5.56. The maximum Gasteiger partial charge on any atom is 0.325 e. The molecule has 1 unspecified atom stereocenters. The topological polar surface area (TPSA) is 87.1 Å². The third kappa shape index (κ3) is 5.94. The van der Waals surface area contributed by atoms with Gasteiger partial charge in [0.2, 0.25) is 0 Å². The van der Waals surface area contributed by atoms with Crippen molar-refractivity contribution >= 4 is 5.97 Å². The molecule has 0 spiro atoms. The Labute approximate surface area is 102 Å². The molecule has 0 bridgehead atoms. The molecular weight excluding hydrogens is 220 g/mol. The average molecular weight is 240 g/mol.